The highest BCUT2D eigenvalue weighted by Crippen LogP contribution is 2.24. The number of hydrogen-bond donors (Lipinski definition) is 0. The molecule has 0 saturated heterocycles. The molecular weight excluding hydrogens is 234 g/mol. The summed E-state index contributed by atoms with van der Waals surface area (Å²) in [4.78, 5) is 6.86. The van der Waals surface area contributed by atoms with E-state index in [0.717, 1.165) is 23.6 Å². The number of imidazole rings is 1. The van der Waals surface area contributed by atoms with Crippen LogP contribution in [0.25, 0.3) is 5.65 Å². The second kappa shape index (κ2) is 4.96. The number of rotatable bonds is 4. The van der Waals surface area contributed by atoms with Crippen molar-refractivity contribution in [1.29, 1.82) is 0 Å². The zero-order valence-corrected chi connectivity index (χ0v) is 11.3. The average molecular weight is 252 g/mol. The number of nitrogens with zero attached hydrogens (tertiary/aromatic N) is 3. The first-order valence-corrected chi connectivity index (χ1v) is 6.47. The summed E-state index contributed by atoms with van der Waals surface area (Å²) in [5.41, 5.74) is 2.01. The summed E-state index contributed by atoms with van der Waals surface area (Å²) in [7, 11) is 2.08. The second-order valence-electron chi connectivity index (χ2n) is 4.31. The molecule has 0 fully saturated rings. The largest absolute Gasteiger partial charge is 0.355 e. The SMILES string of the molecule is CCC(C)N(C)c1nc2ccccn2c1CCl. The Morgan fingerprint density at radius 3 is 2.88 bits per heavy atom. The van der Waals surface area contributed by atoms with Gasteiger partial charge in [0.15, 0.2) is 5.82 Å². The van der Waals surface area contributed by atoms with Crippen LogP contribution in [0.4, 0.5) is 5.82 Å². The second-order valence-corrected chi connectivity index (χ2v) is 4.58. The highest BCUT2D eigenvalue weighted by atomic mass is 35.5. The number of fused-ring (bicyclic) bond motifs is 1. The Hall–Kier alpha value is -1.22. The molecule has 17 heavy (non-hydrogen) atoms. The van der Waals surface area contributed by atoms with Gasteiger partial charge in [0.2, 0.25) is 0 Å². The minimum Gasteiger partial charge on any atom is -0.355 e. The molecule has 0 aliphatic carbocycles. The van der Waals surface area contributed by atoms with Crippen LogP contribution in [0, 0.1) is 0 Å². The van der Waals surface area contributed by atoms with Gasteiger partial charge in [0.05, 0.1) is 11.6 Å². The molecule has 0 bridgehead atoms. The molecular formula is C13H18ClN3. The number of pyridine rings is 1. The van der Waals surface area contributed by atoms with E-state index in [0.29, 0.717) is 11.9 Å². The van der Waals surface area contributed by atoms with Gasteiger partial charge in [0, 0.05) is 19.3 Å². The molecule has 2 rings (SSSR count). The van der Waals surface area contributed by atoms with Crippen LogP contribution in [0.15, 0.2) is 24.4 Å². The van der Waals surface area contributed by atoms with E-state index in [1.807, 2.05) is 24.4 Å². The zero-order valence-electron chi connectivity index (χ0n) is 10.5. The number of aromatic nitrogens is 2. The lowest BCUT2D eigenvalue weighted by atomic mass is 10.2. The van der Waals surface area contributed by atoms with Crippen molar-refractivity contribution in [1.82, 2.24) is 9.38 Å². The summed E-state index contributed by atoms with van der Waals surface area (Å²) in [5, 5.41) is 0. The van der Waals surface area contributed by atoms with Crippen molar-refractivity contribution in [2.75, 3.05) is 11.9 Å². The number of hydrogen-bond acceptors (Lipinski definition) is 2. The van der Waals surface area contributed by atoms with Gasteiger partial charge >= 0.3 is 0 Å². The maximum atomic E-state index is 6.06. The summed E-state index contributed by atoms with van der Waals surface area (Å²) >= 11 is 6.06. The zero-order chi connectivity index (χ0) is 12.4. The van der Waals surface area contributed by atoms with Gasteiger partial charge in [-0.05, 0) is 25.5 Å². The number of halogens is 1. The van der Waals surface area contributed by atoms with E-state index < -0.39 is 0 Å². The van der Waals surface area contributed by atoms with Crippen LogP contribution in [-0.4, -0.2) is 22.5 Å². The highest BCUT2D eigenvalue weighted by molar-refractivity contribution is 6.17. The van der Waals surface area contributed by atoms with Crippen molar-refractivity contribution in [2.24, 2.45) is 0 Å². The summed E-state index contributed by atoms with van der Waals surface area (Å²) in [6, 6.07) is 6.46. The molecule has 2 aromatic heterocycles. The molecule has 1 unspecified atom stereocenters. The minimum absolute atomic E-state index is 0.460. The first kappa shape index (κ1) is 12.2. The fraction of sp³-hybridized carbons (Fsp3) is 0.462. The first-order valence-electron chi connectivity index (χ1n) is 5.93. The van der Waals surface area contributed by atoms with Crippen LogP contribution in [0.5, 0.6) is 0 Å². The molecule has 0 amide bonds. The van der Waals surface area contributed by atoms with Crippen molar-refractivity contribution >= 4 is 23.1 Å². The molecule has 1 atom stereocenters. The fourth-order valence-corrected chi connectivity index (χ4v) is 2.17. The van der Waals surface area contributed by atoms with E-state index in [-0.39, 0.29) is 0 Å². The maximum absolute atomic E-state index is 6.06. The normalized spacial score (nSPS) is 12.9. The third kappa shape index (κ3) is 2.12. The van der Waals surface area contributed by atoms with E-state index >= 15 is 0 Å². The topological polar surface area (TPSA) is 20.5 Å². The molecule has 2 heterocycles. The first-order chi connectivity index (χ1) is 8.19. The summed E-state index contributed by atoms with van der Waals surface area (Å²) in [6.07, 6.45) is 3.10. The predicted octanol–water partition coefficient (Wildman–Crippen LogP) is 3.31. The fourth-order valence-electron chi connectivity index (χ4n) is 1.92. The van der Waals surface area contributed by atoms with Gasteiger partial charge in [0.25, 0.3) is 0 Å². The van der Waals surface area contributed by atoms with Gasteiger partial charge in [-0.2, -0.15) is 0 Å². The smallest absolute Gasteiger partial charge is 0.152 e. The molecule has 0 N–H and O–H groups in total. The van der Waals surface area contributed by atoms with Gasteiger partial charge < -0.3 is 9.30 Å². The lowest BCUT2D eigenvalue weighted by Crippen LogP contribution is -2.29. The Morgan fingerprint density at radius 1 is 1.47 bits per heavy atom. The Morgan fingerprint density at radius 2 is 2.24 bits per heavy atom. The molecule has 92 valence electrons. The molecule has 0 aliphatic rings. The van der Waals surface area contributed by atoms with Crippen molar-refractivity contribution < 1.29 is 0 Å². The van der Waals surface area contributed by atoms with Gasteiger partial charge in [-0.25, -0.2) is 4.98 Å². The van der Waals surface area contributed by atoms with Crippen molar-refractivity contribution in [3.8, 4) is 0 Å². The third-order valence-corrected chi connectivity index (χ3v) is 3.57. The molecule has 0 spiro atoms. The van der Waals surface area contributed by atoms with Gasteiger partial charge in [-0.15, -0.1) is 11.6 Å². The summed E-state index contributed by atoms with van der Waals surface area (Å²) in [6.45, 7) is 4.37. The van der Waals surface area contributed by atoms with Gasteiger partial charge in [-0.1, -0.05) is 13.0 Å². The van der Waals surface area contributed by atoms with Crippen LogP contribution in [0.3, 0.4) is 0 Å². The lowest BCUT2D eigenvalue weighted by Gasteiger charge is -2.24. The number of alkyl halides is 1. The van der Waals surface area contributed by atoms with Crippen molar-refractivity contribution in [2.45, 2.75) is 32.2 Å². The molecule has 0 radical (unpaired) electrons. The van der Waals surface area contributed by atoms with E-state index in [1.54, 1.807) is 0 Å². The Kier molecular flexibility index (Phi) is 3.57. The minimum atomic E-state index is 0.460. The van der Waals surface area contributed by atoms with Crippen LogP contribution in [-0.2, 0) is 5.88 Å². The van der Waals surface area contributed by atoms with Crippen LogP contribution in [0.1, 0.15) is 26.0 Å². The van der Waals surface area contributed by atoms with E-state index in [1.165, 1.54) is 0 Å². The molecule has 2 aromatic rings. The monoisotopic (exact) mass is 251 g/mol. The average Bonchev–Trinajstić information content (AvgIpc) is 2.75. The predicted molar refractivity (Wildman–Crippen MR) is 72.9 cm³/mol. The van der Waals surface area contributed by atoms with Crippen LogP contribution in [0.2, 0.25) is 0 Å². The molecule has 0 aliphatic heterocycles. The Balaban J connectivity index is 2.53. The van der Waals surface area contributed by atoms with E-state index in [9.17, 15) is 0 Å². The van der Waals surface area contributed by atoms with E-state index in [4.69, 9.17) is 11.6 Å². The Labute approximate surface area is 107 Å². The van der Waals surface area contributed by atoms with Gasteiger partial charge in [0.1, 0.15) is 5.65 Å². The lowest BCUT2D eigenvalue weighted by molar-refractivity contribution is 0.656. The van der Waals surface area contributed by atoms with Gasteiger partial charge in [-0.3, -0.25) is 0 Å². The summed E-state index contributed by atoms with van der Waals surface area (Å²) < 4.78 is 2.06. The quantitative estimate of drug-likeness (QED) is 0.778. The van der Waals surface area contributed by atoms with Crippen molar-refractivity contribution in [3.63, 3.8) is 0 Å². The molecule has 4 heteroatoms. The molecule has 3 nitrogen and oxygen atoms in total. The number of anilines is 1. The Bertz CT molecular complexity index is 506. The van der Waals surface area contributed by atoms with E-state index in [2.05, 4.69) is 35.2 Å². The third-order valence-electron chi connectivity index (χ3n) is 3.32. The standard InChI is InChI=1S/C13H18ClN3/c1-4-10(2)16(3)13-11(9-14)17-8-6-5-7-12(17)15-13/h5-8,10H,4,9H2,1-3H3. The summed E-state index contributed by atoms with van der Waals surface area (Å²) in [5.74, 6) is 1.46. The van der Waals surface area contributed by atoms with Crippen molar-refractivity contribution in [3.05, 3.63) is 30.1 Å². The highest BCUT2D eigenvalue weighted by Gasteiger charge is 2.17. The maximum Gasteiger partial charge on any atom is 0.152 e. The van der Waals surface area contributed by atoms with Crippen LogP contribution >= 0.6 is 11.6 Å². The molecule has 0 saturated carbocycles. The molecule has 0 aromatic carbocycles. The van der Waals surface area contributed by atoms with Crippen LogP contribution < -0.4 is 4.90 Å².